The Kier molecular flexibility index (Phi) is 13.6. The number of nitro benzene ring substituents is 1. The van der Waals surface area contributed by atoms with Crippen LogP contribution in [-0.4, -0.2) is 95.0 Å². The molecule has 0 bridgehead atoms. The zero-order valence-corrected chi connectivity index (χ0v) is 34.9. The van der Waals surface area contributed by atoms with E-state index in [2.05, 4.69) is 10.6 Å². The molecule has 3 heterocycles. The van der Waals surface area contributed by atoms with Gasteiger partial charge in [0.1, 0.15) is 24.0 Å². The van der Waals surface area contributed by atoms with E-state index in [0.29, 0.717) is 24.5 Å². The molecule has 3 fully saturated rings. The molecule has 1 aliphatic carbocycles. The maximum Gasteiger partial charge on any atom is 0.346 e. The fraction of sp³-hybridized carbons (Fsp3) is 0.525. The van der Waals surface area contributed by atoms with Gasteiger partial charge in [-0.1, -0.05) is 23.2 Å². The molecular formula is C40H46Cl2FN5O12. The average molecular weight is 879 g/mol. The summed E-state index contributed by atoms with van der Waals surface area (Å²) in [5.41, 5.74) is -0.161. The molecule has 1 amide bonds. The number of aromatic nitrogens is 1. The highest BCUT2D eigenvalue weighted by molar-refractivity contribution is 6.57. The van der Waals surface area contributed by atoms with Crippen molar-refractivity contribution in [3.63, 3.8) is 0 Å². The Labute approximate surface area is 353 Å². The summed E-state index contributed by atoms with van der Waals surface area (Å²) in [6.45, 7) is 4.88. The van der Waals surface area contributed by atoms with Crippen molar-refractivity contribution in [2.45, 2.75) is 87.9 Å². The van der Waals surface area contributed by atoms with Gasteiger partial charge >= 0.3 is 17.9 Å². The third-order valence-electron chi connectivity index (χ3n) is 11.1. The smallest absolute Gasteiger partial charge is 0.346 e. The zero-order chi connectivity index (χ0) is 43.6. The van der Waals surface area contributed by atoms with E-state index >= 15 is 4.39 Å². The van der Waals surface area contributed by atoms with Crippen molar-refractivity contribution >= 4 is 69.3 Å². The largest absolute Gasteiger partial charge is 0.492 e. The van der Waals surface area contributed by atoms with E-state index in [-0.39, 0.29) is 57.0 Å². The molecule has 17 nitrogen and oxygen atoms in total. The van der Waals surface area contributed by atoms with E-state index in [0.717, 1.165) is 44.4 Å². The molecule has 0 spiro atoms. The van der Waals surface area contributed by atoms with Crippen molar-refractivity contribution in [1.82, 2.24) is 15.2 Å². The van der Waals surface area contributed by atoms with Crippen LogP contribution in [0.5, 0.6) is 5.75 Å². The Balaban J connectivity index is 1.10. The molecule has 3 aromatic rings. The lowest BCUT2D eigenvalue weighted by molar-refractivity contribution is -0.384. The van der Waals surface area contributed by atoms with Crippen LogP contribution in [0.2, 0.25) is 0 Å². The van der Waals surface area contributed by atoms with E-state index < -0.39 is 82.7 Å². The van der Waals surface area contributed by atoms with Crippen molar-refractivity contribution in [1.29, 1.82) is 0 Å². The molecule has 2 aromatic carbocycles. The number of aryl methyl sites for hydroxylation is 1. The first-order valence-corrected chi connectivity index (χ1v) is 20.2. The number of ether oxygens (including phenoxy) is 4. The number of amides is 1. The molecule has 1 saturated carbocycles. The normalized spacial score (nSPS) is 18.6. The molecule has 2 aliphatic heterocycles. The van der Waals surface area contributed by atoms with Crippen LogP contribution in [0.25, 0.3) is 10.9 Å². The first-order valence-electron chi connectivity index (χ1n) is 19.5. The number of pyridine rings is 1. The molecule has 20 heteroatoms. The number of nitrogens with zero attached hydrogens (tertiary/aromatic N) is 3. The van der Waals surface area contributed by atoms with Crippen LogP contribution in [0.4, 0.5) is 15.8 Å². The molecule has 3 N–H and O–H groups in total. The number of anilines is 1. The van der Waals surface area contributed by atoms with Gasteiger partial charge in [-0.25, -0.2) is 9.18 Å². The lowest BCUT2D eigenvalue weighted by Crippen LogP contribution is -2.48. The van der Waals surface area contributed by atoms with Crippen molar-refractivity contribution in [2.75, 3.05) is 45.0 Å². The van der Waals surface area contributed by atoms with Crippen LogP contribution in [0.15, 0.2) is 29.1 Å². The summed E-state index contributed by atoms with van der Waals surface area (Å²) in [6.07, 6.45) is 1.00. The Morgan fingerprint density at radius 2 is 1.73 bits per heavy atom. The van der Waals surface area contributed by atoms with Gasteiger partial charge in [0.15, 0.2) is 15.9 Å². The van der Waals surface area contributed by atoms with Crippen LogP contribution >= 0.6 is 23.2 Å². The molecule has 60 heavy (non-hydrogen) atoms. The molecule has 1 aromatic heterocycles. The maximum absolute atomic E-state index is 16.5. The minimum Gasteiger partial charge on any atom is -0.492 e. The number of piperidine rings is 1. The van der Waals surface area contributed by atoms with Crippen LogP contribution in [0, 0.1) is 35.7 Å². The van der Waals surface area contributed by atoms with Gasteiger partial charge in [0.2, 0.25) is 12.2 Å². The number of hydrogen-bond donors (Lipinski definition) is 3. The number of nitro groups is 1. The fourth-order valence-corrected chi connectivity index (χ4v) is 8.00. The molecule has 6 rings (SSSR count). The Hall–Kier alpha value is -5.04. The van der Waals surface area contributed by atoms with Gasteiger partial charge in [-0.05, 0) is 76.6 Å². The quantitative estimate of drug-likeness (QED) is 0.0590. The highest BCUT2D eigenvalue weighted by Gasteiger charge is 2.40. The van der Waals surface area contributed by atoms with Gasteiger partial charge in [-0.2, -0.15) is 0 Å². The minimum atomic E-state index is -1.93. The summed E-state index contributed by atoms with van der Waals surface area (Å²) in [6, 6.07) is 3.60. The van der Waals surface area contributed by atoms with Gasteiger partial charge in [-0.15, -0.1) is 0 Å². The third kappa shape index (κ3) is 9.46. The van der Waals surface area contributed by atoms with Crippen LogP contribution < -0.4 is 25.7 Å². The number of carbonyl (C=O) groups excluding carboxylic acids is 4. The van der Waals surface area contributed by atoms with E-state index in [1.54, 1.807) is 6.92 Å². The average Bonchev–Trinajstić information content (AvgIpc) is 3.95. The number of aliphatic hydroxyl groups is 1. The molecule has 2 unspecified atom stereocenters. The number of non-ortho nitro benzene ring substituents is 1. The first-order chi connectivity index (χ1) is 28.4. The van der Waals surface area contributed by atoms with Crippen molar-refractivity contribution < 1.29 is 52.5 Å². The Bertz CT molecular complexity index is 2230. The second kappa shape index (κ2) is 18.3. The van der Waals surface area contributed by atoms with Gasteiger partial charge in [0, 0.05) is 48.6 Å². The zero-order valence-electron chi connectivity index (χ0n) is 33.4. The maximum atomic E-state index is 16.5. The Morgan fingerprint density at radius 3 is 2.33 bits per heavy atom. The molecular weight excluding hydrogens is 832 g/mol. The predicted octanol–water partition coefficient (Wildman–Crippen LogP) is 4.59. The lowest BCUT2D eigenvalue weighted by Gasteiger charge is -2.27. The number of hydrogen-bond acceptors (Lipinski definition) is 14. The fourth-order valence-electron chi connectivity index (χ4n) is 7.89. The monoisotopic (exact) mass is 877 g/mol. The Morgan fingerprint density at radius 1 is 1.07 bits per heavy atom. The summed E-state index contributed by atoms with van der Waals surface area (Å²) in [7, 11) is 1.44. The number of nitrogens with one attached hydrogen (secondary N) is 2. The number of benzene rings is 2. The number of aliphatic hydroxyl groups excluding tert-OH is 1. The molecule has 4 atom stereocenters. The number of esters is 3. The van der Waals surface area contributed by atoms with E-state index in [9.17, 15) is 39.2 Å². The number of fused-ring (bicyclic) bond motifs is 2. The van der Waals surface area contributed by atoms with Crippen molar-refractivity contribution in [2.24, 2.45) is 5.92 Å². The first kappa shape index (κ1) is 44.5. The second-order valence-electron chi connectivity index (χ2n) is 15.3. The predicted molar refractivity (Wildman–Crippen MR) is 216 cm³/mol. The summed E-state index contributed by atoms with van der Waals surface area (Å²) >= 11 is 11.7. The number of halogens is 3. The SMILES string of the molecule is COc1c(N2CC3CCCNC3C2)c(F)c(C)c2c(=O)c(C(=O)OCOC(=O)CCC(=O)OC[C@@H](NC(=O)C(C)(Cl)Cl)[C@H](O)c3ccc([N+](=O)[O-])cc3)c(C)n(C3CC3)c12. The molecule has 324 valence electrons. The van der Waals surface area contributed by atoms with Crippen LogP contribution in [0.1, 0.15) is 84.8 Å². The summed E-state index contributed by atoms with van der Waals surface area (Å²) in [4.78, 5) is 77.6. The van der Waals surface area contributed by atoms with Crippen molar-refractivity contribution in [3.8, 4) is 5.75 Å². The third-order valence-corrected chi connectivity index (χ3v) is 11.5. The standard InChI is InChI=1S/C40H46Cl2FN5O12/c1-20-30-33(37(57-4)34(32(20)43)46-16-23-6-5-15-44-26(23)17-46)47(24-11-12-24)21(2)31(36(30)52)38(53)60-19-59-29(50)14-13-28(49)58-18-27(45-39(54)40(3,41)42)35(51)22-7-9-25(10-8-22)48(55)56/h7-10,23-24,26-27,35,44,51H,5-6,11-19H2,1-4H3,(H,45,54)/t23?,26?,27-,35-/m1/s1. The number of alkyl halides is 2. The van der Waals surface area contributed by atoms with Gasteiger partial charge in [0.05, 0.1) is 41.8 Å². The summed E-state index contributed by atoms with van der Waals surface area (Å²) in [5.74, 6) is -3.96. The summed E-state index contributed by atoms with van der Waals surface area (Å²) < 4.78 is 37.7. The van der Waals surface area contributed by atoms with E-state index in [4.69, 9.17) is 42.1 Å². The van der Waals surface area contributed by atoms with Crippen LogP contribution in [-0.2, 0) is 28.6 Å². The number of rotatable bonds is 16. The number of carbonyl (C=O) groups is 4. The second-order valence-corrected chi connectivity index (χ2v) is 17.0. The summed E-state index contributed by atoms with van der Waals surface area (Å²) in [5, 5.41) is 27.8. The molecule has 0 radical (unpaired) electrons. The highest BCUT2D eigenvalue weighted by Crippen LogP contribution is 2.47. The topological polar surface area (TPSA) is 218 Å². The molecule has 2 saturated heterocycles. The van der Waals surface area contributed by atoms with Crippen molar-refractivity contribution in [3.05, 3.63) is 72.8 Å². The van der Waals surface area contributed by atoms with E-state index in [1.807, 2.05) is 9.47 Å². The lowest BCUT2D eigenvalue weighted by atomic mass is 9.94. The number of methoxy groups -OCH3 is 1. The minimum absolute atomic E-state index is 0.0100. The van der Waals surface area contributed by atoms with Gasteiger partial charge in [-0.3, -0.25) is 29.3 Å². The van der Waals surface area contributed by atoms with Gasteiger partial charge in [0.25, 0.3) is 11.6 Å². The van der Waals surface area contributed by atoms with E-state index in [1.165, 1.54) is 33.1 Å². The van der Waals surface area contributed by atoms with Crippen LogP contribution in [0.3, 0.4) is 0 Å². The highest BCUT2D eigenvalue weighted by atomic mass is 35.5. The molecule has 3 aliphatic rings. The van der Waals surface area contributed by atoms with Gasteiger partial charge < -0.3 is 44.2 Å².